The van der Waals surface area contributed by atoms with Crippen molar-refractivity contribution < 1.29 is 15.3 Å². The molecule has 0 aliphatic carbocycles. The van der Waals surface area contributed by atoms with Gasteiger partial charge in [0.2, 0.25) is 0 Å². The van der Waals surface area contributed by atoms with Crippen molar-refractivity contribution in [2.45, 2.75) is 34.1 Å². The summed E-state index contributed by atoms with van der Waals surface area (Å²) >= 11 is 0. The fourth-order valence-corrected chi connectivity index (χ4v) is 1.20. The number of carbonyl (C=O) groups is 1. The van der Waals surface area contributed by atoms with Crippen LogP contribution >= 0.6 is 0 Å². The number of rotatable bonds is 7. The normalized spacial score (nSPS) is 12.8. The van der Waals surface area contributed by atoms with Crippen molar-refractivity contribution in [3.63, 3.8) is 0 Å². The van der Waals surface area contributed by atoms with E-state index in [-0.39, 0.29) is 11.4 Å². The molecular weight excluding hydrogens is 216 g/mol. The van der Waals surface area contributed by atoms with Gasteiger partial charge in [-0.2, -0.15) is 0 Å². The van der Waals surface area contributed by atoms with Crippen LogP contribution in [0.15, 0.2) is 24.0 Å². The van der Waals surface area contributed by atoms with Crippen LogP contribution in [-0.4, -0.2) is 19.1 Å². The molecule has 0 aromatic rings. The largest absolute Gasteiger partial charge is 0.461 e. The SMILES string of the molecule is C=CC(C)(C)/C([NH3+])=C(/NCCC)C(=O)OCC. The third-order valence-corrected chi connectivity index (χ3v) is 2.62. The van der Waals surface area contributed by atoms with E-state index in [1.54, 1.807) is 13.0 Å². The van der Waals surface area contributed by atoms with E-state index in [2.05, 4.69) is 17.6 Å². The lowest BCUT2D eigenvalue weighted by Crippen LogP contribution is -2.56. The second-order valence-corrected chi connectivity index (χ2v) is 4.43. The van der Waals surface area contributed by atoms with Crippen LogP contribution in [0.3, 0.4) is 0 Å². The summed E-state index contributed by atoms with van der Waals surface area (Å²) in [5.74, 6) is -0.346. The third kappa shape index (κ3) is 4.61. The molecular formula is C13H25N2O2+. The van der Waals surface area contributed by atoms with Crippen LogP contribution in [0, 0.1) is 5.41 Å². The minimum atomic E-state index is -0.346. The van der Waals surface area contributed by atoms with E-state index in [0.29, 0.717) is 18.0 Å². The molecule has 0 saturated carbocycles. The Bertz CT molecular complexity index is 307. The van der Waals surface area contributed by atoms with E-state index in [0.717, 1.165) is 13.0 Å². The molecule has 98 valence electrons. The molecule has 4 N–H and O–H groups in total. The Morgan fingerprint density at radius 1 is 1.47 bits per heavy atom. The van der Waals surface area contributed by atoms with Gasteiger partial charge in [-0.3, -0.25) is 0 Å². The van der Waals surface area contributed by atoms with Crippen LogP contribution in [0.25, 0.3) is 0 Å². The second-order valence-electron chi connectivity index (χ2n) is 4.43. The van der Waals surface area contributed by atoms with Crippen LogP contribution in [0.2, 0.25) is 0 Å². The number of esters is 1. The maximum atomic E-state index is 11.8. The Morgan fingerprint density at radius 2 is 2.06 bits per heavy atom. The smallest absolute Gasteiger partial charge is 0.360 e. The molecule has 4 heteroatoms. The molecule has 0 spiro atoms. The summed E-state index contributed by atoms with van der Waals surface area (Å²) in [5, 5.41) is 3.09. The maximum absolute atomic E-state index is 11.8. The Kier molecular flexibility index (Phi) is 6.58. The van der Waals surface area contributed by atoms with Crippen molar-refractivity contribution in [1.82, 2.24) is 5.32 Å². The van der Waals surface area contributed by atoms with Gasteiger partial charge in [-0.05, 0) is 27.2 Å². The zero-order valence-electron chi connectivity index (χ0n) is 11.4. The van der Waals surface area contributed by atoms with Gasteiger partial charge >= 0.3 is 5.97 Å². The quantitative estimate of drug-likeness (QED) is 0.400. The number of carbonyl (C=O) groups excluding carboxylic acids is 1. The first kappa shape index (κ1) is 15.7. The van der Waals surface area contributed by atoms with E-state index < -0.39 is 0 Å². The van der Waals surface area contributed by atoms with Crippen molar-refractivity contribution >= 4 is 5.97 Å². The number of allylic oxidation sites excluding steroid dienone is 1. The van der Waals surface area contributed by atoms with Gasteiger partial charge in [0, 0.05) is 6.54 Å². The molecule has 0 bridgehead atoms. The Hall–Kier alpha value is -1.29. The summed E-state index contributed by atoms with van der Waals surface area (Å²) in [5.41, 5.74) is 4.82. The second kappa shape index (κ2) is 7.12. The molecule has 0 saturated heterocycles. The van der Waals surface area contributed by atoms with Gasteiger partial charge in [-0.1, -0.05) is 13.0 Å². The van der Waals surface area contributed by atoms with Crippen LogP contribution in [0.4, 0.5) is 0 Å². The highest BCUT2D eigenvalue weighted by Gasteiger charge is 2.28. The summed E-state index contributed by atoms with van der Waals surface area (Å²) in [7, 11) is 0. The number of nitrogens with one attached hydrogen (secondary N) is 1. The molecule has 0 aliphatic heterocycles. The predicted molar refractivity (Wildman–Crippen MR) is 68.8 cm³/mol. The summed E-state index contributed by atoms with van der Waals surface area (Å²) < 4.78 is 5.03. The lowest BCUT2D eigenvalue weighted by Gasteiger charge is -2.20. The fraction of sp³-hybridized carbons (Fsp3) is 0.615. The van der Waals surface area contributed by atoms with Crippen molar-refractivity contribution in [2.24, 2.45) is 5.41 Å². The zero-order chi connectivity index (χ0) is 13.5. The van der Waals surface area contributed by atoms with Gasteiger partial charge in [0.15, 0.2) is 5.70 Å². The lowest BCUT2D eigenvalue weighted by atomic mass is 9.88. The minimum Gasteiger partial charge on any atom is -0.461 e. The fourth-order valence-electron chi connectivity index (χ4n) is 1.20. The Labute approximate surface area is 104 Å². The van der Waals surface area contributed by atoms with E-state index >= 15 is 0 Å². The third-order valence-electron chi connectivity index (χ3n) is 2.62. The number of quaternary nitrogens is 1. The highest BCUT2D eigenvalue weighted by atomic mass is 16.5. The van der Waals surface area contributed by atoms with E-state index in [1.165, 1.54) is 0 Å². The molecule has 0 aromatic carbocycles. The molecule has 17 heavy (non-hydrogen) atoms. The summed E-state index contributed by atoms with van der Waals surface area (Å²) in [6, 6.07) is 0. The maximum Gasteiger partial charge on any atom is 0.360 e. The van der Waals surface area contributed by atoms with Gasteiger partial charge in [0.1, 0.15) is 5.70 Å². The van der Waals surface area contributed by atoms with Crippen molar-refractivity contribution in [3.8, 4) is 0 Å². The molecule has 4 nitrogen and oxygen atoms in total. The number of hydrogen-bond donors (Lipinski definition) is 2. The van der Waals surface area contributed by atoms with Crippen molar-refractivity contribution in [2.75, 3.05) is 13.2 Å². The first-order chi connectivity index (χ1) is 7.90. The molecule has 0 radical (unpaired) electrons. The Balaban J connectivity index is 5.19. The molecule has 0 fully saturated rings. The van der Waals surface area contributed by atoms with Crippen molar-refractivity contribution in [3.05, 3.63) is 24.0 Å². The van der Waals surface area contributed by atoms with Crippen LogP contribution < -0.4 is 11.1 Å². The highest BCUT2D eigenvalue weighted by molar-refractivity contribution is 5.88. The average Bonchev–Trinajstić information content (AvgIpc) is 2.29. The average molecular weight is 241 g/mol. The first-order valence-corrected chi connectivity index (χ1v) is 6.02. The monoisotopic (exact) mass is 241 g/mol. The highest BCUT2D eigenvalue weighted by Crippen LogP contribution is 2.24. The predicted octanol–water partition coefficient (Wildman–Crippen LogP) is 1.21. The summed E-state index contributed by atoms with van der Waals surface area (Å²) in [6.07, 6.45) is 2.72. The molecule has 0 atom stereocenters. The molecule has 0 aromatic heterocycles. The topological polar surface area (TPSA) is 66.0 Å². The number of ether oxygens (including phenoxy) is 1. The van der Waals surface area contributed by atoms with Crippen LogP contribution in [0.1, 0.15) is 34.1 Å². The van der Waals surface area contributed by atoms with Gasteiger partial charge in [0.25, 0.3) is 0 Å². The summed E-state index contributed by atoms with van der Waals surface area (Å²) in [4.78, 5) is 11.8. The number of hydrogen-bond acceptors (Lipinski definition) is 3. The van der Waals surface area contributed by atoms with Crippen LogP contribution in [0.5, 0.6) is 0 Å². The minimum absolute atomic E-state index is 0.331. The molecule has 0 amide bonds. The molecule has 0 aliphatic rings. The van der Waals surface area contributed by atoms with Gasteiger partial charge in [0.05, 0.1) is 12.0 Å². The van der Waals surface area contributed by atoms with E-state index in [9.17, 15) is 4.79 Å². The van der Waals surface area contributed by atoms with Gasteiger partial charge in [-0.15, -0.1) is 6.58 Å². The van der Waals surface area contributed by atoms with E-state index in [1.807, 2.05) is 20.8 Å². The molecule has 0 heterocycles. The van der Waals surface area contributed by atoms with Gasteiger partial charge < -0.3 is 15.8 Å². The standard InChI is InChI=1S/C13H24N2O2/c1-6-9-15-10(12(16)17-8-3)11(14)13(4,5)7-2/h7,15H,2,6,8-9,14H2,1,3-5H3/p+1/b11-10-. The zero-order valence-corrected chi connectivity index (χ0v) is 11.4. The molecule has 0 rings (SSSR count). The van der Waals surface area contributed by atoms with Crippen molar-refractivity contribution in [1.29, 1.82) is 0 Å². The summed E-state index contributed by atoms with van der Waals surface area (Å²) in [6.45, 7) is 12.6. The van der Waals surface area contributed by atoms with E-state index in [4.69, 9.17) is 4.74 Å². The van der Waals surface area contributed by atoms with Gasteiger partial charge in [-0.25, -0.2) is 4.79 Å². The lowest BCUT2D eigenvalue weighted by molar-refractivity contribution is -0.322. The Morgan fingerprint density at radius 3 is 2.47 bits per heavy atom. The first-order valence-electron chi connectivity index (χ1n) is 6.02. The van der Waals surface area contributed by atoms with Crippen LogP contribution in [-0.2, 0) is 9.53 Å². The molecule has 0 unspecified atom stereocenters.